The van der Waals surface area contributed by atoms with Crippen molar-refractivity contribution >= 4 is 17.9 Å². The number of rotatable bonds is 1. The van der Waals surface area contributed by atoms with Crippen molar-refractivity contribution in [3.63, 3.8) is 0 Å². The van der Waals surface area contributed by atoms with Gasteiger partial charge in [0.1, 0.15) is 11.6 Å². The van der Waals surface area contributed by atoms with Crippen LogP contribution in [-0.2, 0) is 14.3 Å². The summed E-state index contributed by atoms with van der Waals surface area (Å²) in [6.45, 7) is 7.62. The molecule has 0 aromatic heterocycles. The lowest BCUT2D eigenvalue weighted by atomic mass is 10.1. The molecule has 0 saturated carbocycles. The Kier molecular flexibility index (Phi) is 4.07. The standard InChI is InChI=1S/C15H22N2O4/c1-10-7-8-12(18)17(10)13(19)11-6-5-9-16(11)14(20)21-15(2,3)4/h7-8,10-11H,5-6,9H2,1-4H3/t10-,11-/m0/s1. The molecule has 0 N–H and O–H groups in total. The number of carbonyl (C=O) groups is 3. The smallest absolute Gasteiger partial charge is 0.410 e. The summed E-state index contributed by atoms with van der Waals surface area (Å²) in [6, 6.07) is -0.864. The fourth-order valence-corrected chi connectivity index (χ4v) is 2.62. The predicted molar refractivity (Wildman–Crippen MR) is 76.4 cm³/mol. The van der Waals surface area contributed by atoms with Crippen LogP contribution in [0, 0.1) is 0 Å². The molecule has 0 bridgehead atoms. The van der Waals surface area contributed by atoms with Crippen molar-refractivity contribution in [2.75, 3.05) is 6.54 Å². The molecular weight excluding hydrogens is 272 g/mol. The molecule has 1 fully saturated rings. The Labute approximate surface area is 124 Å². The van der Waals surface area contributed by atoms with E-state index in [1.54, 1.807) is 33.8 Å². The molecule has 0 spiro atoms. The normalized spacial score (nSPS) is 25.6. The fraction of sp³-hybridized carbons (Fsp3) is 0.667. The molecule has 116 valence electrons. The fourth-order valence-electron chi connectivity index (χ4n) is 2.62. The first-order valence-corrected chi connectivity index (χ1v) is 7.25. The first-order valence-electron chi connectivity index (χ1n) is 7.25. The van der Waals surface area contributed by atoms with Crippen molar-refractivity contribution < 1.29 is 19.1 Å². The maximum absolute atomic E-state index is 12.6. The highest BCUT2D eigenvalue weighted by atomic mass is 16.6. The monoisotopic (exact) mass is 294 g/mol. The molecule has 1 saturated heterocycles. The highest BCUT2D eigenvalue weighted by Crippen LogP contribution is 2.24. The van der Waals surface area contributed by atoms with E-state index >= 15 is 0 Å². The van der Waals surface area contributed by atoms with Crippen molar-refractivity contribution in [1.29, 1.82) is 0 Å². The number of carbonyl (C=O) groups excluding carboxylic acids is 3. The summed E-state index contributed by atoms with van der Waals surface area (Å²) in [5.41, 5.74) is -0.606. The van der Waals surface area contributed by atoms with Crippen LogP contribution in [-0.4, -0.2) is 51.9 Å². The molecule has 2 heterocycles. The highest BCUT2D eigenvalue weighted by Gasteiger charge is 2.41. The van der Waals surface area contributed by atoms with Gasteiger partial charge in [-0.05, 0) is 40.5 Å². The third-order valence-corrected chi connectivity index (χ3v) is 3.57. The first-order chi connectivity index (χ1) is 9.70. The maximum atomic E-state index is 12.6. The van der Waals surface area contributed by atoms with E-state index in [9.17, 15) is 14.4 Å². The Hall–Kier alpha value is -1.85. The predicted octanol–water partition coefficient (Wildman–Crippen LogP) is 1.70. The van der Waals surface area contributed by atoms with E-state index in [0.717, 1.165) is 6.42 Å². The van der Waals surface area contributed by atoms with Gasteiger partial charge in [0.15, 0.2) is 0 Å². The number of hydrogen-bond donors (Lipinski definition) is 0. The first kappa shape index (κ1) is 15.5. The van der Waals surface area contributed by atoms with Crippen LogP contribution in [0.5, 0.6) is 0 Å². The van der Waals surface area contributed by atoms with Gasteiger partial charge in [-0.1, -0.05) is 6.08 Å². The summed E-state index contributed by atoms with van der Waals surface area (Å²) in [5.74, 6) is -0.635. The SMILES string of the molecule is C[C@H]1C=CC(=O)N1C(=O)[C@@H]1CCCN1C(=O)OC(C)(C)C. The van der Waals surface area contributed by atoms with E-state index < -0.39 is 17.7 Å². The van der Waals surface area contributed by atoms with Gasteiger partial charge in [-0.2, -0.15) is 0 Å². The average Bonchev–Trinajstić information content (AvgIpc) is 2.94. The van der Waals surface area contributed by atoms with E-state index in [4.69, 9.17) is 4.74 Å². The van der Waals surface area contributed by atoms with E-state index in [0.29, 0.717) is 13.0 Å². The summed E-state index contributed by atoms with van der Waals surface area (Å²) in [4.78, 5) is 39.2. The van der Waals surface area contributed by atoms with Crippen molar-refractivity contribution in [2.24, 2.45) is 0 Å². The summed E-state index contributed by atoms with van der Waals surface area (Å²) >= 11 is 0. The van der Waals surface area contributed by atoms with Gasteiger partial charge in [-0.25, -0.2) is 4.79 Å². The molecule has 2 aliphatic heterocycles. The topological polar surface area (TPSA) is 66.9 Å². The maximum Gasteiger partial charge on any atom is 0.410 e. The molecule has 6 nitrogen and oxygen atoms in total. The quantitative estimate of drug-likeness (QED) is 0.690. The third-order valence-electron chi connectivity index (χ3n) is 3.57. The zero-order valence-electron chi connectivity index (χ0n) is 13.0. The molecule has 3 amide bonds. The second-order valence-corrected chi connectivity index (χ2v) is 6.48. The number of nitrogens with zero attached hydrogens (tertiary/aromatic N) is 2. The van der Waals surface area contributed by atoms with Gasteiger partial charge >= 0.3 is 6.09 Å². The van der Waals surface area contributed by atoms with Gasteiger partial charge < -0.3 is 4.74 Å². The van der Waals surface area contributed by atoms with Crippen LogP contribution in [0.2, 0.25) is 0 Å². The van der Waals surface area contributed by atoms with Gasteiger partial charge in [0.05, 0.1) is 6.04 Å². The lowest BCUT2D eigenvalue weighted by Gasteiger charge is -2.30. The van der Waals surface area contributed by atoms with Crippen LogP contribution in [0.4, 0.5) is 4.79 Å². The van der Waals surface area contributed by atoms with Crippen molar-refractivity contribution in [3.05, 3.63) is 12.2 Å². The minimum absolute atomic E-state index is 0.258. The molecule has 2 rings (SSSR count). The van der Waals surface area contributed by atoms with E-state index in [1.165, 1.54) is 15.9 Å². The number of likely N-dealkylation sites (tertiary alicyclic amines) is 1. The largest absolute Gasteiger partial charge is 0.444 e. The third kappa shape index (κ3) is 3.25. The number of hydrogen-bond acceptors (Lipinski definition) is 4. The minimum Gasteiger partial charge on any atom is -0.444 e. The molecule has 0 radical (unpaired) electrons. The summed E-state index contributed by atoms with van der Waals surface area (Å²) in [7, 11) is 0. The summed E-state index contributed by atoms with van der Waals surface area (Å²) < 4.78 is 5.33. The zero-order chi connectivity index (χ0) is 15.8. The number of amides is 3. The lowest BCUT2D eigenvalue weighted by molar-refractivity contribution is -0.145. The van der Waals surface area contributed by atoms with Crippen molar-refractivity contribution in [2.45, 2.75) is 58.2 Å². The van der Waals surface area contributed by atoms with E-state index in [-0.39, 0.29) is 17.9 Å². The highest BCUT2D eigenvalue weighted by molar-refractivity contribution is 6.05. The summed E-state index contributed by atoms with van der Waals surface area (Å²) in [5, 5.41) is 0. The van der Waals surface area contributed by atoms with Crippen LogP contribution in [0.15, 0.2) is 12.2 Å². The lowest BCUT2D eigenvalue weighted by Crippen LogP contribution is -2.51. The average molecular weight is 294 g/mol. The molecular formula is C15H22N2O4. The van der Waals surface area contributed by atoms with Gasteiger partial charge in [0.25, 0.3) is 11.8 Å². The van der Waals surface area contributed by atoms with Crippen LogP contribution in [0.3, 0.4) is 0 Å². The van der Waals surface area contributed by atoms with E-state index in [2.05, 4.69) is 0 Å². The van der Waals surface area contributed by atoms with Gasteiger partial charge in [0, 0.05) is 12.6 Å². The molecule has 6 heteroatoms. The molecule has 2 aliphatic rings. The molecule has 2 atom stereocenters. The zero-order valence-corrected chi connectivity index (χ0v) is 13.0. The Morgan fingerprint density at radius 3 is 2.52 bits per heavy atom. The molecule has 21 heavy (non-hydrogen) atoms. The Morgan fingerprint density at radius 2 is 2.00 bits per heavy atom. The second kappa shape index (κ2) is 5.50. The van der Waals surface area contributed by atoms with Crippen molar-refractivity contribution in [1.82, 2.24) is 9.80 Å². The van der Waals surface area contributed by atoms with Crippen LogP contribution >= 0.6 is 0 Å². The van der Waals surface area contributed by atoms with Gasteiger partial charge in [-0.3, -0.25) is 19.4 Å². The molecule has 0 aliphatic carbocycles. The van der Waals surface area contributed by atoms with Crippen LogP contribution < -0.4 is 0 Å². The number of imide groups is 1. The van der Waals surface area contributed by atoms with Crippen LogP contribution in [0.25, 0.3) is 0 Å². The number of ether oxygens (including phenoxy) is 1. The Bertz CT molecular complexity index is 492. The van der Waals surface area contributed by atoms with Gasteiger partial charge in [-0.15, -0.1) is 0 Å². The second-order valence-electron chi connectivity index (χ2n) is 6.48. The molecule has 0 aromatic rings. The van der Waals surface area contributed by atoms with Crippen LogP contribution in [0.1, 0.15) is 40.5 Å². The molecule has 0 unspecified atom stereocenters. The van der Waals surface area contributed by atoms with Crippen molar-refractivity contribution in [3.8, 4) is 0 Å². The summed E-state index contributed by atoms with van der Waals surface area (Å²) in [6.07, 6.45) is 3.89. The van der Waals surface area contributed by atoms with Gasteiger partial charge in [0.2, 0.25) is 0 Å². The Balaban J connectivity index is 2.10. The molecule has 0 aromatic carbocycles. The van der Waals surface area contributed by atoms with E-state index in [1.807, 2.05) is 0 Å². The Morgan fingerprint density at radius 1 is 1.33 bits per heavy atom. The minimum atomic E-state index is -0.606.